The van der Waals surface area contributed by atoms with E-state index in [-0.39, 0.29) is 5.57 Å². The Balaban J connectivity index is 2.22. The number of nitriles is 1. The van der Waals surface area contributed by atoms with Crippen molar-refractivity contribution in [2.45, 2.75) is 6.92 Å². The van der Waals surface area contributed by atoms with Gasteiger partial charge in [0.05, 0.1) is 0 Å². The summed E-state index contributed by atoms with van der Waals surface area (Å²) >= 11 is 2.19. The molecule has 1 amide bonds. The van der Waals surface area contributed by atoms with Crippen LogP contribution in [0, 0.1) is 21.8 Å². The highest BCUT2D eigenvalue weighted by Crippen LogP contribution is 2.15. The van der Waals surface area contributed by atoms with Gasteiger partial charge in [-0.25, -0.2) is 0 Å². The Morgan fingerprint density at radius 3 is 2.48 bits per heavy atom. The maximum absolute atomic E-state index is 12.1. The van der Waals surface area contributed by atoms with E-state index in [0.29, 0.717) is 5.69 Å². The number of nitrogens with zero attached hydrogens (tertiary/aromatic N) is 1. The van der Waals surface area contributed by atoms with Gasteiger partial charge in [0.25, 0.3) is 5.91 Å². The summed E-state index contributed by atoms with van der Waals surface area (Å²) < 4.78 is 1.08. The largest absolute Gasteiger partial charge is 0.321 e. The number of carbonyl (C=O) groups excluding carboxylic acids is 1. The summed E-state index contributed by atoms with van der Waals surface area (Å²) in [7, 11) is 0. The number of anilines is 1. The number of rotatable bonds is 3. The first-order valence-corrected chi connectivity index (χ1v) is 7.42. The average Bonchev–Trinajstić information content (AvgIpc) is 2.48. The summed E-state index contributed by atoms with van der Waals surface area (Å²) in [5.41, 5.74) is 2.65. The van der Waals surface area contributed by atoms with Crippen LogP contribution in [0.3, 0.4) is 0 Å². The third kappa shape index (κ3) is 4.17. The van der Waals surface area contributed by atoms with Crippen LogP contribution in [-0.4, -0.2) is 5.91 Å². The molecule has 0 radical (unpaired) electrons. The van der Waals surface area contributed by atoms with Crippen LogP contribution >= 0.6 is 22.6 Å². The average molecular weight is 388 g/mol. The van der Waals surface area contributed by atoms with Crippen LogP contribution in [0.5, 0.6) is 0 Å². The Morgan fingerprint density at radius 1 is 1.19 bits per heavy atom. The molecule has 0 aliphatic heterocycles. The molecule has 0 fully saturated rings. The van der Waals surface area contributed by atoms with Crippen LogP contribution in [0.1, 0.15) is 11.1 Å². The minimum atomic E-state index is -0.401. The number of hydrogen-bond acceptors (Lipinski definition) is 2. The molecule has 2 rings (SSSR count). The number of carbonyl (C=O) groups is 1. The molecule has 4 heteroatoms. The molecule has 0 saturated carbocycles. The monoisotopic (exact) mass is 388 g/mol. The van der Waals surface area contributed by atoms with E-state index in [1.807, 2.05) is 61.5 Å². The Morgan fingerprint density at radius 2 is 1.86 bits per heavy atom. The Kier molecular flexibility index (Phi) is 5.12. The van der Waals surface area contributed by atoms with Crippen molar-refractivity contribution >= 4 is 40.3 Å². The minimum Gasteiger partial charge on any atom is -0.321 e. The van der Waals surface area contributed by atoms with Crippen molar-refractivity contribution < 1.29 is 4.79 Å². The van der Waals surface area contributed by atoms with Crippen molar-refractivity contribution in [2.75, 3.05) is 5.32 Å². The Labute approximate surface area is 137 Å². The van der Waals surface area contributed by atoms with E-state index >= 15 is 0 Å². The summed E-state index contributed by atoms with van der Waals surface area (Å²) in [4.78, 5) is 12.1. The van der Waals surface area contributed by atoms with Gasteiger partial charge in [-0.3, -0.25) is 4.79 Å². The molecule has 0 aliphatic carbocycles. The zero-order chi connectivity index (χ0) is 15.2. The lowest BCUT2D eigenvalue weighted by atomic mass is 10.1. The second kappa shape index (κ2) is 7.04. The highest BCUT2D eigenvalue weighted by atomic mass is 127. The van der Waals surface area contributed by atoms with Crippen molar-refractivity contribution in [2.24, 2.45) is 0 Å². The normalized spacial score (nSPS) is 10.8. The summed E-state index contributed by atoms with van der Waals surface area (Å²) in [6.45, 7) is 1.94. The number of aryl methyl sites for hydroxylation is 1. The lowest BCUT2D eigenvalue weighted by Crippen LogP contribution is -2.13. The quantitative estimate of drug-likeness (QED) is 0.488. The number of halogens is 1. The fourth-order valence-electron chi connectivity index (χ4n) is 1.78. The highest BCUT2D eigenvalue weighted by molar-refractivity contribution is 14.1. The first-order valence-electron chi connectivity index (χ1n) is 6.34. The molecule has 0 aromatic heterocycles. The molecule has 0 spiro atoms. The smallest absolute Gasteiger partial charge is 0.266 e. The Bertz CT molecular complexity index is 727. The van der Waals surface area contributed by atoms with Gasteiger partial charge in [0.2, 0.25) is 0 Å². The number of nitrogens with one attached hydrogen (secondary N) is 1. The maximum atomic E-state index is 12.1. The molecule has 3 nitrogen and oxygen atoms in total. The lowest BCUT2D eigenvalue weighted by Gasteiger charge is -2.05. The molecule has 0 atom stereocenters. The van der Waals surface area contributed by atoms with Gasteiger partial charge < -0.3 is 5.32 Å². The van der Waals surface area contributed by atoms with Gasteiger partial charge in [-0.05, 0) is 71.0 Å². The van der Waals surface area contributed by atoms with E-state index in [4.69, 9.17) is 0 Å². The SMILES string of the molecule is Cc1ccccc1/C=C(/C#N)C(=O)Nc1ccc(I)cc1. The van der Waals surface area contributed by atoms with Gasteiger partial charge in [-0.15, -0.1) is 0 Å². The summed E-state index contributed by atoms with van der Waals surface area (Å²) in [5.74, 6) is -0.401. The lowest BCUT2D eigenvalue weighted by molar-refractivity contribution is -0.112. The molecular weight excluding hydrogens is 375 g/mol. The summed E-state index contributed by atoms with van der Waals surface area (Å²) in [5, 5.41) is 11.9. The van der Waals surface area contributed by atoms with Gasteiger partial charge >= 0.3 is 0 Å². The van der Waals surface area contributed by atoms with Crippen LogP contribution in [0.2, 0.25) is 0 Å². The molecule has 104 valence electrons. The zero-order valence-corrected chi connectivity index (χ0v) is 13.6. The second-order valence-corrected chi connectivity index (χ2v) is 5.73. The van der Waals surface area contributed by atoms with Crippen LogP contribution in [0.4, 0.5) is 5.69 Å². The number of benzene rings is 2. The standard InChI is InChI=1S/C17H13IN2O/c1-12-4-2-3-5-13(12)10-14(11-19)17(21)20-16-8-6-15(18)7-9-16/h2-10H,1H3,(H,20,21)/b14-10-. The van der Waals surface area contributed by atoms with Gasteiger partial charge in [0.15, 0.2) is 0 Å². The Hall–Kier alpha value is -2.13. The highest BCUT2D eigenvalue weighted by Gasteiger charge is 2.10. The molecule has 0 aliphatic rings. The maximum Gasteiger partial charge on any atom is 0.266 e. The zero-order valence-electron chi connectivity index (χ0n) is 11.4. The van der Waals surface area contributed by atoms with Crippen LogP contribution in [0.15, 0.2) is 54.1 Å². The van der Waals surface area contributed by atoms with Crippen molar-refractivity contribution in [3.05, 3.63) is 68.8 Å². The molecule has 21 heavy (non-hydrogen) atoms. The minimum absolute atomic E-state index is 0.0860. The molecule has 2 aromatic rings. The van der Waals surface area contributed by atoms with E-state index < -0.39 is 5.91 Å². The van der Waals surface area contributed by atoms with Crippen LogP contribution in [-0.2, 0) is 4.79 Å². The third-order valence-corrected chi connectivity index (χ3v) is 3.67. The van der Waals surface area contributed by atoms with Crippen molar-refractivity contribution in [3.8, 4) is 6.07 Å². The van der Waals surface area contributed by atoms with Gasteiger partial charge in [-0.2, -0.15) is 5.26 Å². The molecule has 1 N–H and O–H groups in total. The predicted molar refractivity (Wildman–Crippen MR) is 92.6 cm³/mol. The van der Waals surface area contributed by atoms with E-state index in [0.717, 1.165) is 14.7 Å². The molecule has 0 bridgehead atoms. The third-order valence-electron chi connectivity index (χ3n) is 2.96. The van der Waals surface area contributed by atoms with Gasteiger partial charge in [0.1, 0.15) is 11.6 Å². The molecule has 0 unspecified atom stereocenters. The first kappa shape index (κ1) is 15.3. The van der Waals surface area contributed by atoms with E-state index in [9.17, 15) is 10.1 Å². The summed E-state index contributed by atoms with van der Waals surface area (Å²) in [6, 6.07) is 17.0. The van der Waals surface area contributed by atoms with Crippen LogP contribution in [0.25, 0.3) is 6.08 Å². The van der Waals surface area contributed by atoms with Gasteiger partial charge in [-0.1, -0.05) is 24.3 Å². The topological polar surface area (TPSA) is 52.9 Å². The first-order chi connectivity index (χ1) is 10.1. The summed E-state index contributed by atoms with van der Waals surface area (Å²) in [6.07, 6.45) is 1.61. The van der Waals surface area contributed by atoms with E-state index in [2.05, 4.69) is 27.9 Å². The van der Waals surface area contributed by atoms with E-state index in [1.165, 1.54) is 0 Å². The van der Waals surface area contributed by atoms with Crippen molar-refractivity contribution in [1.82, 2.24) is 0 Å². The second-order valence-electron chi connectivity index (χ2n) is 4.49. The molecule has 0 heterocycles. The van der Waals surface area contributed by atoms with Crippen molar-refractivity contribution in [1.29, 1.82) is 5.26 Å². The van der Waals surface area contributed by atoms with Crippen molar-refractivity contribution in [3.63, 3.8) is 0 Å². The van der Waals surface area contributed by atoms with Gasteiger partial charge in [0, 0.05) is 9.26 Å². The molecular formula is C17H13IN2O. The van der Waals surface area contributed by atoms with Crippen LogP contribution < -0.4 is 5.32 Å². The predicted octanol–water partition coefficient (Wildman–Crippen LogP) is 4.15. The number of amides is 1. The molecule has 2 aromatic carbocycles. The van der Waals surface area contributed by atoms with E-state index in [1.54, 1.807) is 6.08 Å². The number of hydrogen-bond donors (Lipinski definition) is 1. The fraction of sp³-hybridized carbons (Fsp3) is 0.0588. The fourth-order valence-corrected chi connectivity index (χ4v) is 2.14. The molecule has 0 saturated heterocycles.